The molecule has 1 fully saturated rings. The Balaban J connectivity index is 2.48. The Hall–Kier alpha value is -1.10. The lowest BCUT2D eigenvalue weighted by atomic mass is 9.82. The first-order valence-corrected chi connectivity index (χ1v) is 7.30. The number of piperidine rings is 1. The Labute approximate surface area is 121 Å². The van der Waals surface area contributed by atoms with Gasteiger partial charge in [-0.3, -0.25) is 9.59 Å². The van der Waals surface area contributed by atoms with Crippen molar-refractivity contribution in [1.82, 2.24) is 5.06 Å². The zero-order valence-electron chi connectivity index (χ0n) is 13.3. The van der Waals surface area contributed by atoms with Crippen LogP contribution in [0.5, 0.6) is 0 Å². The number of hydrogen-bond donors (Lipinski definition) is 0. The van der Waals surface area contributed by atoms with Gasteiger partial charge in [0.1, 0.15) is 0 Å². The van der Waals surface area contributed by atoms with Gasteiger partial charge in [0.2, 0.25) is 0 Å². The topological polar surface area (TPSA) is 55.8 Å². The molecule has 5 nitrogen and oxygen atoms in total. The molecule has 0 bridgehead atoms. The van der Waals surface area contributed by atoms with Crippen molar-refractivity contribution in [3.8, 4) is 0 Å². The van der Waals surface area contributed by atoms with Crippen LogP contribution in [-0.2, 0) is 19.2 Å². The highest BCUT2D eigenvalue weighted by Crippen LogP contribution is 2.38. The lowest BCUT2D eigenvalue weighted by Gasteiger charge is -2.50. The molecule has 1 aliphatic heterocycles. The normalized spacial score (nSPS) is 21.2. The van der Waals surface area contributed by atoms with E-state index in [0.29, 0.717) is 6.42 Å². The first-order valence-electron chi connectivity index (χ1n) is 7.30. The molecule has 0 saturated carbocycles. The largest absolute Gasteiger partial charge is 0.466 e. The summed E-state index contributed by atoms with van der Waals surface area (Å²) >= 11 is 0. The minimum Gasteiger partial charge on any atom is -0.466 e. The van der Waals surface area contributed by atoms with E-state index >= 15 is 0 Å². The number of ether oxygens (including phenoxy) is 1. The van der Waals surface area contributed by atoms with Crippen molar-refractivity contribution in [2.75, 3.05) is 6.61 Å². The van der Waals surface area contributed by atoms with E-state index in [2.05, 4.69) is 27.7 Å². The highest BCUT2D eigenvalue weighted by molar-refractivity contribution is 5.69. The number of carbonyl (C=O) groups excluding carboxylic acids is 2. The van der Waals surface area contributed by atoms with Crippen LogP contribution < -0.4 is 0 Å². The van der Waals surface area contributed by atoms with Gasteiger partial charge in [-0.25, -0.2) is 0 Å². The highest BCUT2D eigenvalue weighted by atomic mass is 16.7. The molecule has 1 aliphatic rings. The molecule has 0 spiro atoms. The fraction of sp³-hybridized carbons (Fsp3) is 0.867. The number of hydrogen-bond acceptors (Lipinski definition) is 5. The van der Waals surface area contributed by atoms with Crippen LogP contribution in [0.15, 0.2) is 0 Å². The Kier molecular flexibility index (Phi) is 5.57. The van der Waals surface area contributed by atoms with E-state index in [1.54, 1.807) is 0 Å². The standard InChI is InChI=1S/C15H27NO4/c1-12(17)19-11-6-8-13(18)20-16-14(2,3)9-7-10-15(16,4)5/h6-11H2,1-5H3. The van der Waals surface area contributed by atoms with Crippen LogP contribution in [0.3, 0.4) is 0 Å². The molecule has 0 unspecified atom stereocenters. The van der Waals surface area contributed by atoms with Gasteiger partial charge in [-0.15, -0.1) is 5.06 Å². The first-order chi connectivity index (χ1) is 9.15. The van der Waals surface area contributed by atoms with Crippen molar-refractivity contribution < 1.29 is 19.2 Å². The number of nitrogens with zero attached hydrogens (tertiary/aromatic N) is 1. The zero-order valence-corrected chi connectivity index (χ0v) is 13.3. The Morgan fingerprint density at radius 1 is 1.10 bits per heavy atom. The Bertz CT molecular complexity index is 347. The molecule has 0 aromatic rings. The van der Waals surface area contributed by atoms with Crippen molar-refractivity contribution in [1.29, 1.82) is 0 Å². The molecule has 1 rings (SSSR count). The zero-order chi connectivity index (χ0) is 15.4. The molecule has 1 saturated heterocycles. The lowest BCUT2D eigenvalue weighted by Crippen LogP contribution is -2.58. The maximum Gasteiger partial charge on any atom is 0.325 e. The fourth-order valence-corrected chi connectivity index (χ4v) is 2.80. The molecule has 5 heteroatoms. The molecule has 20 heavy (non-hydrogen) atoms. The minimum atomic E-state index is -0.323. The van der Waals surface area contributed by atoms with E-state index in [4.69, 9.17) is 9.57 Å². The predicted molar refractivity (Wildman–Crippen MR) is 75.8 cm³/mol. The van der Waals surface area contributed by atoms with Gasteiger partial charge >= 0.3 is 11.9 Å². The Morgan fingerprint density at radius 2 is 1.65 bits per heavy atom. The van der Waals surface area contributed by atoms with Crippen LogP contribution in [0.4, 0.5) is 0 Å². The summed E-state index contributed by atoms with van der Waals surface area (Å²) in [5.41, 5.74) is -0.291. The summed E-state index contributed by atoms with van der Waals surface area (Å²) < 4.78 is 4.80. The van der Waals surface area contributed by atoms with Gasteiger partial charge in [-0.1, -0.05) is 0 Å². The van der Waals surface area contributed by atoms with Crippen LogP contribution >= 0.6 is 0 Å². The number of esters is 1. The van der Waals surface area contributed by atoms with Crippen LogP contribution in [0, 0.1) is 0 Å². The molecular weight excluding hydrogens is 258 g/mol. The van der Waals surface area contributed by atoms with Crippen molar-refractivity contribution in [2.45, 2.75) is 77.8 Å². The predicted octanol–water partition coefficient (Wildman–Crippen LogP) is 2.83. The molecule has 0 N–H and O–H groups in total. The smallest absolute Gasteiger partial charge is 0.325 e. The second kappa shape index (κ2) is 6.57. The summed E-state index contributed by atoms with van der Waals surface area (Å²) in [6.07, 6.45) is 3.91. The number of carbonyl (C=O) groups is 2. The van der Waals surface area contributed by atoms with Crippen LogP contribution in [0.2, 0.25) is 0 Å². The quantitative estimate of drug-likeness (QED) is 0.574. The van der Waals surface area contributed by atoms with Gasteiger partial charge in [-0.2, -0.15) is 0 Å². The maximum atomic E-state index is 11.9. The molecule has 0 aromatic heterocycles. The average Bonchev–Trinajstić information content (AvgIpc) is 2.29. The monoisotopic (exact) mass is 285 g/mol. The van der Waals surface area contributed by atoms with Crippen LogP contribution in [0.1, 0.15) is 66.7 Å². The van der Waals surface area contributed by atoms with E-state index in [1.165, 1.54) is 6.92 Å². The van der Waals surface area contributed by atoms with Gasteiger partial charge in [-0.05, 0) is 53.4 Å². The van der Waals surface area contributed by atoms with Crippen molar-refractivity contribution in [3.63, 3.8) is 0 Å². The third-order valence-corrected chi connectivity index (χ3v) is 3.70. The molecule has 0 aromatic carbocycles. The molecule has 116 valence electrons. The van der Waals surface area contributed by atoms with Gasteiger partial charge < -0.3 is 9.57 Å². The van der Waals surface area contributed by atoms with Crippen LogP contribution in [-0.4, -0.2) is 34.7 Å². The lowest BCUT2D eigenvalue weighted by molar-refractivity contribution is -0.265. The summed E-state index contributed by atoms with van der Waals surface area (Å²) in [4.78, 5) is 28.1. The van der Waals surface area contributed by atoms with Gasteiger partial charge in [0.15, 0.2) is 0 Å². The SMILES string of the molecule is CC(=O)OCCCC(=O)ON1C(C)(C)CCCC1(C)C. The highest BCUT2D eigenvalue weighted by Gasteiger charge is 2.44. The Morgan fingerprint density at radius 3 is 2.15 bits per heavy atom. The molecule has 1 heterocycles. The number of hydroxylamine groups is 2. The molecule has 0 radical (unpaired) electrons. The van der Waals surface area contributed by atoms with E-state index in [1.807, 2.05) is 5.06 Å². The van der Waals surface area contributed by atoms with Crippen molar-refractivity contribution in [3.05, 3.63) is 0 Å². The second-order valence-corrected chi connectivity index (χ2v) is 6.68. The number of rotatable bonds is 5. The second-order valence-electron chi connectivity index (χ2n) is 6.68. The summed E-state index contributed by atoms with van der Waals surface area (Å²) in [5.74, 6) is -0.586. The molecular formula is C15H27NO4. The van der Waals surface area contributed by atoms with E-state index in [-0.39, 0.29) is 36.0 Å². The fourth-order valence-electron chi connectivity index (χ4n) is 2.80. The van der Waals surface area contributed by atoms with Crippen molar-refractivity contribution >= 4 is 11.9 Å². The van der Waals surface area contributed by atoms with Crippen molar-refractivity contribution in [2.24, 2.45) is 0 Å². The van der Waals surface area contributed by atoms with Gasteiger partial charge in [0, 0.05) is 6.92 Å². The first kappa shape index (κ1) is 17.0. The summed E-state index contributed by atoms with van der Waals surface area (Å²) in [7, 11) is 0. The van der Waals surface area contributed by atoms with E-state index in [9.17, 15) is 9.59 Å². The maximum absolute atomic E-state index is 11.9. The average molecular weight is 285 g/mol. The molecule has 0 aliphatic carbocycles. The third kappa shape index (κ3) is 4.78. The third-order valence-electron chi connectivity index (χ3n) is 3.70. The minimum absolute atomic E-state index is 0.146. The molecule has 0 atom stereocenters. The van der Waals surface area contributed by atoms with Crippen LogP contribution in [0.25, 0.3) is 0 Å². The summed E-state index contributed by atoms with van der Waals surface area (Å²) in [6, 6.07) is 0. The van der Waals surface area contributed by atoms with E-state index in [0.717, 1.165) is 19.3 Å². The van der Waals surface area contributed by atoms with E-state index < -0.39 is 0 Å². The summed E-state index contributed by atoms with van der Waals surface area (Å²) in [6.45, 7) is 10.0. The summed E-state index contributed by atoms with van der Waals surface area (Å²) in [5, 5.41) is 1.84. The molecule has 0 amide bonds. The van der Waals surface area contributed by atoms with Gasteiger partial charge in [0.05, 0.1) is 24.1 Å². The van der Waals surface area contributed by atoms with Gasteiger partial charge in [0.25, 0.3) is 0 Å².